The van der Waals surface area contributed by atoms with Gasteiger partial charge in [-0.3, -0.25) is 0 Å². The molecule has 0 aromatic heterocycles. The van der Waals surface area contributed by atoms with Crippen molar-refractivity contribution in [2.45, 2.75) is 168 Å². The van der Waals surface area contributed by atoms with Crippen molar-refractivity contribution >= 4 is 49.7 Å². The van der Waals surface area contributed by atoms with Gasteiger partial charge in [0.2, 0.25) is 0 Å². The molecule has 0 aliphatic heterocycles. The van der Waals surface area contributed by atoms with E-state index in [1.54, 1.807) is 0 Å². The fraction of sp³-hybridized carbons (Fsp3) is 0.722. The molecular formula is C36H62CaO4. The van der Waals surface area contributed by atoms with Crippen LogP contribution in [-0.2, 0) is 9.59 Å². The van der Waals surface area contributed by atoms with Crippen LogP contribution in [-0.4, -0.2) is 49.7 Å². The molecule has 0 saturated carbocycles. The predicted octanol–water partition coefficient (Wildman–Crippen LogP) is 8.72. The summed E-state index contributed by atoms with van der Waals surface area (Å²) in [5, 5.41) is 20.4. The van der Waals surface area contributed by atoms with Crippen LogP contribution in [0.3, 0.4) is 0 Å². The number of allylic oxidation sites excluding steroid dienone is 8. The maximum absolute atomic E-state index is 10.2. The summed E-state index contributed by atoms with van der Waals surface area (Å²) in [7, 11) is 0. The normalized spacial score (nSPS) is 11.4. The largest absolute Gasteiger partial charge is 2.00 e. The van der Waals surface area contributed by atoms with Gasteiger partial charge in [0.05, 0.1) is 0 Å². The fourth-order valence-electron chi connectivity index (χ4n) is 4.20. The topological polar surface area (TPSA) is 80.3 Å². The maximum atomic E-state index is 10.2. The fourth-order valence-corrected chi connectivity index (χ4v) is 4.20. The van der Waals surface area contributed by atoms with Crippen molar-refractivity contribution < 1.29 is 19.8 Å². The third kappa shape index (κ3) is 49.2. The Morgan fingerprint density at radius 2 is 0.659 bits per heavy atom. The number of unbranched alkanes of at least 4 members (excludes halogenated alkanes) is 18. The number of hydrogen-bond acceptors (Lipinski definition) is 4. The van der Waals surface area contributed by atoms with E-state index < -0.39 is 11.9 Å². The summed E-state index contributed by atoms with van der Waals surface area (Å²) in [5.41, 5.74) is 0. The molecule has 0 aromatic carbocycles. The van der Waals surface area contributed by atoms with Gasteiger partial charge in [0.1, 0.15) is 0 Å². The minimum atomic E-state index is -0.922. The van der Waals surface area contributed by atoms with Gasteiger partial charge in [0.15, 0.2) is 0 Å². The van der Waals surface area contributed by atoms with Gasteiger partial charge in [-0.15, -0.1) is 0 Å². The molecule has 0 N–H and O–H groups in total. The average molecular weight is 599 g/mol. The van der Waals surface area contributed by atoms with E-state index in [2.05, 4.69) is 62.5 Å². The van der Waals surface area contributed by atoms with Crippen molar-refractivity contribution in [3.05, 3.63) is 48.6 Å². The third-order valence-corrected chi connectivity index (χ3v) is 6.72. The van der Waals surface area contributed by atoms with E-state index in [1.165, 1.54) is 89.9 Å². The van der Waals surface area contributed by atoms with E-state index in [1.807, 2.05) is 0 Å². The Hall–Kier alpha value is -0.840. The zero-order valence-corrected chi connectivity index (χ0v) is 29.1. The molecule has 0 spiro atoms. The van der Waals surface area contributed by atoms with Gasteiger partial charge in [-0.2, -0.15) is 0 Å². The minimum Gasteiger partial charge on any atom is -0.550 e. The molecule has 0 unspecified atom stereocenters. The Bertz CT molecular complexity index is 596. The van der Waals surface area contributed by atoms with Crippen LogP contribution in [0.15, 0.2) is 48.6 Å². The second kappa shape index (κ2) is 41.3. The Kier molecular flexibility index (Phi) is 44.9. The van der Waals surface area contributed by atoms with Crippen molar-refractivity contribution in [2.24, 2.45) is 0 Å². The van der Waals surface area contributed by atoms with E-state index in [0.717, 1.165) is 51.4 Å². The average Bonchev–Trinajstić information content (AvgIpc) is 2.93. The van der Waals surface area contributed by atoms with Crippen molar-refractivity contribution in [1.82, 2.24) is 0 Å². The molecule has 0 heterocycles. The van der Waals surface area contributed by atoms with Gasteiger partial charge in [0.25, 0.3) is 0 Å². The molecule has 0 atom stereocenters. The zero-order chi connectivity index (χ0) is 29.8. The number of rotatable bonds is 28. The van der Waals surface area contributed by atoms with Crippen LogP contribution >= 0.6 is 0 Å². The van der Waals surface area contributed by atoms with E-state index >= 15 is 0 Å². The van der Waals surface area contributed by atoms with Crippen molar-refractivity contribution in [3.8, 4) is 0 Å². The standard InChI is InChI=1S/2C18H32O2.Ca/c2*1-2-3-4-5-6-7-8-9-10-11-12-13-14-15-16-17-18(19)20;/h2*7-10H,2-6,11-17H2,1H3,(H,19,20);/q;;+2/p-2. The Morgan fingerprint density at radius 3 is 0.927 bits per heavy atom. The second-order valence-corrected chi connectivity index (χ2v) is 10.8. The van der Waals surface area contributed by atoms with Gasteiger partial charge < -0.3 is 19.8 Å². The molecule has 0 aliphatic rings. The Balaban J connectivity index is -0.000000688. The first-order chi connectivity index (χ1) is 19.5. The Labute approximate surface area is 284 Å². The van der Waals surface area contributed by atoms with Crippen molar-refractivity contribution in [3.63, 3.8) is 0 Å². The number of carbonyl (C=O) groups is 2. The molecule has 0 bridgehead atoms. The molecular weight excluding hydrogens is 536 g/mol. The van der Waals surface area contributed by atoms with Gasteiger partial charge in [-0.25, -0.2) is 0 Å². The van der Waals surface area contributed by atoms with Crippen LogP contribution in [0.1, 0.15) is 168 Å². The first-order valence-corrected chi connectivity index (χ1v) is 16.6. The molecule has 0 saturated heterocycles. The molecule has 0 amide bonds. The van der Waals surface area contributed by atoms with Gasteiger partial charge >= 0.3 is 37.7 Å². The van der Waals surface area contributed by atoms with Crippen LogP contribution in [0.2, 0.25) is 0 Å². The van der Waals surface area contributed by atoms with Crippen LogP contribution in [0.5, 0.6) is 0 Å². The summed E-state index contributed by atoms with van der Waals surface area (Å²) in [5.74, 6) is -1.84. The summed E-state index contributed by atoms with van der Waals surface area (Å²) in [6.07, 6.45) is 43.9. The van der Waals surface area contributed by atoms with Crippen LogP contribution < -0.4 is 10.2 Å². The van der Waals surface area contributed by atoms with Crippen LogP contribution in [0.25, 0.3) is 0 Å². The number of carboxylic acid groups (broad SMARTS) is 2. The third-order valence-electron chi connectivity index (χ3n) is 6.72. The molecule has 0 rings (SSSR count). The van der Waals surface area contributed by atoms with Crippen molar-refractivity contribution in [1.29, 1.82) is 0 Å². The molecule has 0 fully saturated rings. The summed E-state index contributed by atoms with van der Waals surface area (Å²) in [4.78, 5) is 20.4. The molecule has 41 heavy (non-hydrogen) atoms. The number of aliphatic carboxylic acids is 2. The van der Waals surface area contributed by atoms with E-state index in [-0.39, 0.29) is 50.6 Å². The molecule has 0 aliphatic carbocycles. The van der Waals surface area contributed by atoms with Gasteiger partial charge in [-0.1, -0.05) is 140 Å². The molecule has 0 radical (unpaired) electrons. The van der Waals surface area contributed by atoms with Crippen molar-refractivity contribution in [2.75, 3.05) is 0 Å². The summed E-state index contributed by atoms with van der Waals surface area (Å²) >= 11 is 0. The monoisotopic (exact) mass is 598 g/mol. The van der Waals surface area contributed by atoms with Crippen LogP contribution in [0, 0.1) is 0 Å². The molecule has 5 heteroatoms. The van der Waals surface area contributed by atoms with Gasteiger partial charge in [-0.05, 0) is 77.0 Å². The van der Waals surface area contributed by atoms with Gasteiger partial charge in [0, 0.05) is 11.9 Å². The first-order valence-electron chi connectivity index (χ1n) is 16.6. The zero-order valence-electron chi connectivity index (χ0n) is 26.9. The Morgan fingerprint density at radius 1 is 0.415 bits per heavy atom. The molecule has 4 nitrogen and oxygen atoms in total. The van der Waals surface area contributed by atoms with E-state index in [9.17, 15) is 19.8 Å². The summed E-state index contributed by atoms with van der Waals surface area (Å²) in [6.45, 7) is 4.48. The number of carboxylic acids is 2. The maximum Gasteiger partial charge on any atom is 2.00 e. The van der Waals surface area contributed by atoms with E-state index in [0.29, 0.717) is 0 Å². The second-order valence-electron chi connectivity index (χ2n) is 10.8. The quantitative estimate of drug-likeness (QED) is 0.0512. The summed E-state index contributed by atoms with van der Waals surface area (Å²) in [6, 6.07) is 0. The predicted molar refractivity (Wildman–Crippen MR) is 174 cm³/mol. The van der Waals surface area contributed by atoms with E-state index in [4.69, 9.17) is 0 Å². The van der Waals surface area contributed by atoms with Crippen LogP contribution in [0.4, 0.5) is 0 Å². The SMILES string of the molecule is CCCCCCC=CC=CCCCCCCCC(=O)[O-].CCCCCCC=CC=CCCCCCCCC(=O)[O-].[Ca+2]. The number of hydrogen-bond donors (Lipinski definition) is 0. The first kappa shape index (κ1) is 44.6. The number of carbonyl (C=O) groups excluding carboxylic acids is 2. The minimum absolute atomic E-state index is 0. The smallest absolute Gasteiger partial charge is 0.550 e. The molecule has 232 valence electrons. The summed E-state index contributed by atoms with van der Waals surface area (Å²) < 4.78 is 0. The molecule has 0 aromatic rings.